The van der Waals surface area contributed by atoms with Crippen molar-refractivity contribution in [2.45, 2.75) is 13.1 Å². The quantitative estimate of drug-likeness (QED) is 0.448. The molecule has 0 unspecified atom stereocenters. The fourth-order valence-corrected chi connectivity index (χ4v) is 3.48. The average molecular weight is 428 g/mol. The van der Waals surface area contributed by atoms with Crippen molar-refractivity contribution < 1.29 is 14.3 Å². The highest BCUT2D eigenvalue weighted by molar-refractivity contribution is 5.99. The van der Waals surface area contributed by atoms with E-state index in [1.54, 1.807) is 25.1 Å². The van der Waals surface area contributed by atoms with Crippen molar-refractivity contribution in [2.75, 3.05) is 14.2 Å². The lowest BCUT2D eigenvalue weighted by molar-refractivity contribution is 0.0951. The first-order valence-corrected chi connectivity index (χ1v) is 10.3. The largest absolute Gasteiger partial charge is 0.497 e. The minimum absolute atomic E-state index is 0.190. The maximum atomic E-state index is 13.2. The lowest BCUT2D eigenvalue weighted by Crippen LogP contribution is -2.23. The van der Waals surface area contributed by atoms with Gasteiger partial charge >= 0.3 is 0 Å². The Labute approximate surface area is 187 Å². The van der Waals surface area contributed by atoms with E-state index in [4.69, 9.17) is 14.6 Å². The minimum atomic E-state index is -0.190. The van der Waals surface area contributed by atoms with Crippen molar-refractivity contribution in [3.05, 3.63) is 102 Å². The van der Waals surface area contributed by atoms with Crippen molar-refractivity contribution >= 4 is 5.91 Å². The van der Waals surface area contributed by atoms with Gasteiger partial charge in [-0.1, -0.05) is 54.6 Å². The topological polar surface area (TPSA) is 65.4 Å². The number of aromatic nitrogens is 2. The molecule has 0 saturated heterocycles. The molecule has 0 aliphatic heterocycles. The van der Waals surface area contributed by atoms with Crippen LogP contribution in [-0.4, -0.2) is 29.9 Å². The van der Waals surface area contributed by atoms with Crippen LogP contribution in [0.15, 0.2) is 85.1 Å². The van der Waals surface area contributed by atoms with Gasteiger partial charge in [0.2, 0.25) is 0 Å². The highest BCUT2D eigenvalue weighted by Gasteiger charge is 2.18. The molecule has 0 aliphatic rings. The van der Waals surface area contributed by atoms with Crippen LogP contribution in [0.2, 0.25) is 0 Å². The number of carbonyl (C=O) groups is 1. The average Bonchev–Trinajstić information content (AvgIpc) is 3.27. The van der Waals surface area contributed by atoms with Gasteiger partial charge < -0.3 is 14.8 Å². The molecule has 0 bridgehead atoms. The fourth-order valence-electron chi connectivity index (χ4n) is 3.48. The van der Waals surface area contributed by atoms with Crippen molar-refractivity contribution in [2.24, 2.45) is 0 Å². The molecule has 0 aliphatic carbocycles. The molecule has 4 aromatic rings. The van der Waals surface area contributed by atoms with E-state index in [-0.39, 0.29) is 5.91 Å². The first-order chi connectivity index (χ1) is 15.7. The smallest absolute Gasteiger partial charge is 0.255 e. The fraction of sp³-hybridized carbons (Fsp3) is 0.154. The van der Waals surface area contributed by atoms with E-state index in [0.717, 1.165) is 22.4 Å². The highest BCUT2D eigenvalue weighted by atomic mass is 16.5. The van der Waals surface area contributed by atoms with Gasteiger partial charge in [-0.15, -0.1) is 0 Å². The molecule has 1 aromatic heterocycles. The van der Waals surface area contributed by atoms with Gasteiger partial charge in [-0.3, -0.25) is 9.48 Å². The Balaban J connectivity index is 1.62. The van der Waals surface area contributed by atoms with Gasteiger partial charge in [0, 0.05) is 18.3 Å². The number of benzene rings is 3. The molecule has 0 fully saturated rings. The van der Waals surface area contributed by atoms with Gasteiger partial charge in [-0.2, -0.15) is 5.10 Å². The molecule has 6 heteroatoms. The van der Waals surface area contributed by atoms with Gasteiger partial charge in [-0.05, 0) is 35.4 Å². The molecule has 0 spiro atoms. The first kappa shape index (κ1) is 21.2. The van der Waals surface area contributed by atoms with Gasteiger partial charge in [0.05, 0.1) is 26.3 Å². The molecule has 3 aromatic carbocycles. The molecule has 162 valence electrons. The van der Waals surface area contributed by atoms with E-state index >= 15 is 0 Å². The Morgan fingerprint density at radius 1 is 0.875 bits per heavy atom. The summed E-state index contributed by atoms with van der Waals surface area (Å²) in [6, 6.07) is 25.2. The molecule has 0 atom stereocenters. The third kappa shape index (κ3) is 4.98. The summed E-state index contributed by atoms with van der Waals surface area (Å²) in [6.45, 7) is 0.957. The number of ether oxygens (including phenoxy) is 2. The normalized spacial score (nSPS) is 10.6. The number of nitrogens with one attached hydrogen (secondary N) is 1. The van der Waals surface area contributed by atoms with Crippen LogP contribution >= 0.6 is 0 Å². The third-order valence-electron chi connectivity index (χ3n) is 5.12. The zero-order chi connectivity index (χ0) is 22.3. The van der Waals surface area contributed by atoms with Gasteiger partial charge in [0.15, 0.2) is 0 Å². The van der Waals surface area contributed by atoms with Crippen LogP contribution in [0.3, 0.4) is 0 Å². The molecule has 1 N–H and O–H groups in total. The third-order valence-corrected chi connectivity index (χ3v) is 5.12. The highest BCUT2D eigenvalue weighted by Crippen LogP contribution is 2.26. The maximum Gasteiger partial charge on any atom is 0.255 e. The van der Waals surface area contributed by atoms with Crippen LogP contribution in [0, 0.1) is 0 Å². The second-order valence-corrected chi connectivity index (χ2v) is 7.34. The number of nitrogens with zero attached hydrogens (tertiary/aromatic N) is 2. The van der Waals surface area contributed by atoms with Crippen molar-refractivity contribution in [3.8, 4) is 22.8 Å². The lowest BCUT2D eigenvalue weighted by atomic mass is 10.1. The lowest BCUT2D eigenvalue weighted by Gasteiger charge is -2.08. The number of rotatable bonds is 8. The molecular formula is C26H25N3O3. The molecule has 0 radical (unpaired) electrons. The zero-order valence-electron chi connectivity index (χ0n) is 18.1. The summed E-state index contributed by atoms with van der Waals surface area (Å²) < 4.78 is 12.4. The molecule has 1 amide bonds. The summed E-state index contributed by atoms with van der Waals surface area (Å²) in [5, 5.41) is 7.74. The van der Waals surface area contributed by atoms with Gasteiger partial charge in [-0.25, -0.2) is 0 Å². The van der Waals surface area contributed by atoms with Crippen molar-refractivity contribution in [1.82, 2.24) is 15.1 Å². The number of methoxy groups -OCH3 is 2. The Morgan fingerprint density at radius 3 is 2.31 bits per heavy atom. The predicted molar refractivity (Wildman–Crippen MR) is 124 cm³/mol. The molecule has 32 heavy (non-hydrogen) atoms. The van der Waals surface area contributed by atoms with Crippen molar-refractivity contribution in [1.29, 1.82) is 0 Å². The van der Waals surface area contributed by atoms with Crippen LogP contribution in [-0.2, 0) is 13.1 Å². The maximum absolute atomic E-state index is 13.2. The monoisotopic (exact) mass is 427 g/mol. The summed E-state index contributed by atoms with van der Waals surface area (Å²) in [5.74, 6) is 1.28. The molecule has 1 heterocycles. The van der Waals surface area contributed by atoms with Crippen molar-refractivity contribution in [3.63, 3.8) is 0 Å². The van der Waals surface area contributed by atoms with Gasteiger partial charge in [0.25, 0.3) is 5.91 Å². The Kier molecular flexibility index (Phi) is 6.51. The van der Waals surface area contributed by atoms with E-state index in [9.17, 15) is 4.79 Å². The molecule has 6 nitrogen and oxygen atoms in total. The van der Waals surface area contributed by atoms with E-state index in [1.807, 2.05) is 78.9 Å². The minimum Gasteiger partial charge on any atom is -0.497 e. The molecule has 0 saturated carbocycles. The van der Waals surface area contributed by atoms with E-state index < -0.39 is 0 Å². The second kappa shape index (κ2) is 9.83. The number of hydrogen-bond acceptors (Lipinski definition) is 4. The number of carbonyl (C=O) groups excluding carboxylic acids is 1. The zero-order valence-corrected chi connectivity index (χ0v) is 18.1. The summed E-state index contributed by atoms with van der Waals surface area (Å²) in [4.78, 5) is 13.2. The van der Waals surface area contributed by atoms with Crippen LogP contribution < -0.4 is 14.8 Å². The number of hydrogen-bond donors (Lipinski definition) is 1. The predicted octanol–water partition coefficient (Wildman–Crippen LogP) is 4.55. The van der Waals surface area contributed by atoms with E-state index in [0.29, 0.717) is 30.1 Å². The Hall–Kier alpha value is -4.06. The Bertz CT molecular complexity index is 1200. The van der Waals surface area contributed by atoms with Crippen LogP contribution in [0.5, 0.6) is 11.5 Å². The van der Waals surface area contributed by atoms with Crippen LogP contribution in [0.1, 0.15) is 21.5 Å². The Morgan fingerprint density at radius 2 is 1.56 bits per heavy atom. The summed E-state index contributed by atoms with van der Waals surface area (Å²) >= 11 is 0. The van der Waals surface area contributed by atoms with Gasteiger partial charge in [0.1, 0.15) is 17.2 Å². The summed E-state index contributed by atoms with van der Waals surface area (Å²) in [5.41, 5.74) is 4.01. The van der Waals surface area contributed by atoms with Crippen LogP contribution in [0.25, 0.3) is 11.3 Å². The first-order valence-electron chi connectivity index (χ1n) is 10.3. The second-order valence-electron chi connectivity index (χ2n) is 7.34. The van der Waals surface area contributed by atoms with Crippen LogP contribution in [0.4, 0.5) is 0 Å². The van der Waals surface area contributed by atoms with E-state index in [2.05, 4.69) is 5.32 Å². The molecular weight excluding hydrogens is 402 g/mol. The van der Waals surface area contributed by atoms with E-state index in [1.165, 1.54) is 0 Å². The number of amides is 1. The standard InChI is InChI=1S/C26H25N3O3/c1-31-22-12-6-10-20(14-22)16-27-26(30)24-18-29(17-19-8-4-3-5-9-19)28-25(24)21-11-7-13-23(15-21)32-2/h3-15,18H,16-17H2,1-2H3,(H,27,30). The summed E-state index contributed by atoms with van der Waals surface area (Å²) in [6.07, 6.45) is 1.79. The SMILES string of the molecule is COc1cccc(CNC(=O)c2cn(Cc3ccccc3)nc2-c2cccc(OC)c2)c1. The summed E-state index contributed by atoms with van der Waals surface area (Å²) in [7, 11) is 3.24. The molecule has 4 rings (SSSR count).